The van der Waals surface area contributed by atoms with Crippen LogP contribution >= 0.6 is 0 Å². The minimum Gasteiger partial charge on any atom is -0.465 e. The summed E-state index contributed by atoms with van der Waals surface area (Å²) in [5, 5.41) is 0. The van der Waals surface area contributed by atoms with E-state index in [0.717, 1.165) is 0 Å². The molecule has 0 atom stereocenters. The summed E-state index contributed by atoms with van der Waals surface area (Å²) in [5.41, 5.74) is 2.29. The smallest absolute Gasteiger partial charge is 0.308 e. The van der Waals surface area contributed by atoms with Crippen molar-refractivity contribution in [2.75, 3.05) is 6.61 Å². The molecule has 2 nitrogen and oxygen atoms in total. The van der Waals surface area contributed by atoms with E-state index in [2.05, 4.69) is 39.0 Å². The molecule has 0 spiro atoms. The average Bonchev–Trinajstić information content (AvgIpc) is 2.26. The molecule has 1 aromatic rings. The molecule has 0 unspecified atom stereocenters. The van der Waals surface area contributed by atoms with Crippen molar-refractivity contribution in [3.05, 3.63) is 35.4 Å². The summed E-state index contributed by atoms with van der Waals surface area (Å²) < 4.78 is 5.32. The Balaban J connectivity index is 2.72. The molecule has 0 aliphatic rings. The first-order chi connectivity index (χ1) is 7.83. The Hall–Kier alpha value is -1.31. The molecule has 1 aromatic carbocycles. The van der Waals surface area contributed by atoms with Gasteiger partial charge in [-0.3, -0.25) is 4.79 Å². The summed E-state index contributed by atoms with van der Waals surface area (Å²) in [7, 11) is 0. The van der Waals surface area contributed by atoms with Gasteiger partial charge < -0.3 is 4.74 Å². The Morgan fingerprint density at radius 1 is 1.35 bits per heavy atom. The summed E-state index contributed by atoms with van der Waals surface area (Å²) >= 11 is 0. The lowest BCUT2D eigenvalue weighted by atomic mass is 9.85. The fourth-order valence-electron chi connectivity index (χ4n) is 1.57. The number of carbonyl (C=O) groups is 1. The van der Waals surface area contributed by atoms with Crippen molar-refractivity contribution in [2.45, 2.75) is 40.0 Å². The highest BCUT2D eigenvalue weighted by molar-refractivity contribution is 5.71. The van der Waals surface area contributed by atoms with Crippen molar-refractivity contribution < 1.29 is 9.53 Å². The fourth-order valence-corrected chi connectivity index (χ4v) is 1.57. The van der Waals surface area contributed by atoms with Crippen LogP contribution in [0.15, 0.2) is 24.3 Å². The zero-order chi connectivity index (χ0) is 13.1. The van der Waals surface area contributed by atoms with Gasteiger partial charge in [-0.05, 0) is 12.5 Å². The SMILES string of the molecule is Cc1cccc(C(C)(C)COC(=O)C(C)C)c1. The van der Waals surface area contributed by atoms with E-state index in [9.17, 15) is 4.79 Å². The maximum atomic E-state index is 11.5. The molecule has 0 heterocycles. The third kappa shape index (κ3) is 3.88. The van der Waals surface area contributed by atoms with Crippen LogP contribution < -0.4 is 0 Å². The number of benzene rings is 1. The van der Waals surface area contributed by atoms with Crippen LogP contribution in [-0.4, -0.2) is 12.6 Å². The Morgan fingerprint density at radius 3 is 2.53 bits per heavy atom. The summed E-state index contributed by atoms with van der Waals surface area (Å²) in [6.07, 6.45) is 0. The second kappa shape index (κ2) is 5.35. The molecule has 0 radical (unpaired) electrons. The number of hydrogen-bond acceptors (Lipinski definition) is 2. The first-order valence-corrected chi connectivity index (χ1v) is 6.07. The topological polar surface area (TPSA) is 26.3 Å². The number of rotatable bonds is 4. The normalized spacial score (nSPS) is 11.6. The Labute approximate surface area is 104 Å². The standard InChI is InChI=1S/C15H22O2/c1-11(2)14(16)17-10-15(4,5)13-8-6-7-12(3)9-13/h6-9,11H,10H2,1-5H3. The largest absolute Gasteiger partial charge is 0.465 e. The molecule has 0 N–H and O–H groups in total. The number of aryl methyl sites for hydroxylation is 1. The van der Waals surface area contributed by atoms with Crippen LogP contribution in [0.2, 0.25) is 0 Å². The van der Waals surface area contributed by atoms with E-state index in [1.807, 2.05) is 19.9 Å². The summed E-state index contributed by atoms with van der Waals surface area (Å²) in [6, 6.07) is 8.33. The lowest BCUT2D eigenvalue weighted by molar-refractivity contribution is -0.149. The molecule has 0 fully saturated rings. The van der Waals surface area contributed by atoms with Crippen LogP contribution in [0.4, 0.5) is 0 Å². The Bertz CT molecular complexity index is 392. The molecule has 0 amide bonds. The fraction of sp³-hybridized carbons (Fsp3) is 0.533. The van der Waals surface area contributed by atoms with Gasteiger partial charge in [0, 0.05) is 5.41 Å². The van der Waals surface area contributed by atoms with Gasteiger partial charge in [0.15, 0.2) is 0 Å². The molecular weight excluding hydrogens is 212 g/mol. The third-order valence-corrected chi connectivity index (χ3v) is 2.85. The summed E-state index contributed by atoms with van der Waals surface area (Å²) in [5.74, 6) is -0.200. The van der Waals surface area contributed by atoms with Gasteiger partial charge in [0.2, 0.25) is 0 Å². The molecule has 0 saturated carbocycles. The Kier molecular flexibility index (Phi) is 4.33. The first kappa shape index (κ1) is 13.8. The highest BCUT2D eigenvalue weighted by atomic mass is 16.5. The van der Waals surface area contributed by atoms with Crippen LogP contribution in [-0.2, 0) is 14.9 Å². The molecule has 17 heavy (non-hydrogen) atoms. The zero-order valence-corrected chi connectivity index (χ0v) is 11.4. The van der Waals surface area contributed by atoms with Crippen LogP contribution in [0, 0.1) is 12.8 Å². The zero-order valence-electron chi connectivity index (χ0n) is 11.4. The van der Waals surface area contributed by atoms with Crippen molar-refractivity contribution in [1.82, 2.24) is 0 Å². The van der Waals surface area contributed by atoms with Gasteiger partial charge in [0.05, 0.1) is 5.92 Å². The second-order valence-electron chi connectivity index (χ2n) is 5.52. The highest BCUT2D eigenvalue weighted by Crippen LogP contribution is 2.24. The predicted molar refractivity (Wildman–Crippen MR) is 70.0 cm³/mol. The molecule has 0 aliphatic heterocycles. The maximum absolute atomic E-state index is 11.5. The van der Waals surface area contributed by atoms with E-state index in [-0.39, 0.29) is 17.3 Å². The van der Waals surface area contributed by atoms with Crippen molar-refractivity contribution in [2.24, 2.45) is 5.92 Å². The van der Waals surface area contributed by atoms with Crippen molar-refractivity contribution in [3.63, 3.8) is 0 Å². The summed E-state index contributed by atoms with van der Waals surface area (Å²) in [4.78, 5) is 11.5. The number of esters is 1. The number of hydrogen-bond donors (Lipinski definition) is 0. The minimum atomic E-state index is -0.142. The molecule has 1 rings (SSSR count). The van der Waals surface area contributed by atoms with Crippen LogP contribution in [0.5, 0.6) is 0 Å². The molecular formula is C15H22O2. The van der Waals surface area contributed by atoms with Gasteiger partial charge in [-0.1, -0.05) is 57.5 Å². The van der Waals surface area contributed by atoms with E-state index >= 15 is 0 Å². The molecule has 0 saturated heterocycles. The van der Waals surface area contributed by atoms with Gasteiger partial charge in [-0.25, -0.2) is 0 Å². The Morgan fingerprint density at radius 2 is 2.00 bits per heavy atom. The van der Waals surface area contributed by atoms with Gasteiger partial charge in [0.1, 0.15) is 6.61 Å². The molecule has 2 heteroatoms. The monoisotopic (exact) mass is 234 g/mol. The molecule has 0 bridgehead atoms. The van der Waals surface area contributed by atoms with E-state index in [0.29, 0.717) is 6.61 Å². The quantitative estimate of drug-likeness (QED) is 0.746. The average molecular weight is 234 g/mol. The van der Waals surface area contributed by atoms with Crippen molar-refractivity contribution >= 4 is 5.97 Å². The van der Waals surface area contributed by atoms with E-state index in [1.54, 1.807) is 0 Å². The van der Waals surface area contributed by atoms with Crippen molar-refractivity contribution in [1.29, 1.82) is 0 Å². The van der Waals surface area contributed by atoms with Crippen LogP contribution in [0.1, 0.15) is 38.8 Å². The van der Waals surface area contributed by atoms with Crippen molar-refractivity contribution in [3.8, 4) is 0 Å². The molecule has 0 aliphatic carbocycles. The van der Waals surface area contributed by atoms with Gasteiger partial charge >= 0.3 is 5.97 Å². The highest BCUT2D eigenvalue weighted by Gasteiger charge is 2.23. The van der Waals surface area contributed by atoms with E-state index in [4.69, 9.17) is 4.74 Å². The van der Waals surface area contributed by atoms with Gasteiger partial charge in [-0.15, -0.1) is 0 Å². The molecule has 94 valence electrons. The van der Waals surface area contributed by atoms with E-state index < -0.39 is 0 Å². The van der Waals surface area contributed by atoms with Crippen LogP contribution in [0.25, 0.3) is 0 Å². The first-order valence-electron chi connectivity index (χ1n) is 6.07. The lowest BCUT2D eigenvalue weighted by Crippen LogP contribution is -2.27. The predicted octanol–water partition coefficient (Wildman–Crippen LogP) is 3.47. The third-order valence-electron chi connectivity index (χ3n) is 2.85. The van der Waals surface area contributed by atoms with E-state index in [1.165, 1.54) is 11.1 Å². The van der Waals surface area contributed by atoms with Gasteiger partial charge in [0.25, 0.3) is 0 Å². The number of carbonyl (C=O) groups excluding carboxylic acids is 1. The second-order valence-corrected chi connectivity index (χ2v) is 5.52. The summed E-state index contributed by atoms with van der Waals surface area (Å²) in [6.45, 7) is 10.4. The maximum Gasteiger partial charge on any atom is 0.308 e. The minimum absolute atomic E-state index is 0.0664. The molecule has 0 aromatic heterocycles. The lowest BCUT2D eigenvalue weighted by Gasteiger charge is -2.25. The van der Waals surface area contributed by atoms with Crippen LogP contribution in [0.3, 0.4) is 0 Å². The van der Waals surface area contributed by atoms with Gasteiger partial charge in [-0.2, -0.15) is 0 Å². The number of ether oxygens (including phenoxy) is 1.